The average Bonchev–Trinajstić information content (AvgIpc) is 2.66. The Balaban J connectivity index is 2.48. The number of aryl methyl sites for hydroxylation is 3. The van der Waals surface area contributed by atoms with Gasteiger partial charge in [0.1, 0.15) is 0 Å². The van der Waals surface area contributed by atoms with Gasteiger partial charge in [0.05, 0.1) is 6.04 Å². The molecule has 3 N–H and O–H groups in total. The van der Waals surface area contributed by atoms with Crippen molar-refractivity contribution in [2.75, 3.05) is 0 Å². The van der Waals surface area contributed by atoms with Gasteiger partial charge in [-0.3, -0.25) is 5.84 Å². The maximum atomic E-state index is 5.77. The molecule has 0 radical (unpaired) electrons. The first-order valence-corrected chi connectivity index (χ1v) is 6.95. The lowest BCUT2D eigenvalue weighted by molar-refractivity contribution is 0.642. The van der Waals surface area contributed by atoms with E-state index in [1.165, 1.54) is 32.0 Å². The van der Waals surface area contributed by atoms with Gasteiger partial charge in [0.2, 0.25) is 0 Å². The standard InChI is InChI=1S/C15H20N2S/c1-9-6-5-7-13(11(9)3)15(17-16)14-8-10(2)12(4)18-14/h5-8,15,17H,16H2,1-4H3. The highest BCUT2D eigenvalue weighted by molar-refractivity contribution is 7.12. The minimum Gasteiger partial charge on any atom is -0.271 e. The Morgan fingerprint density at radius 3 is 2.39 bits per heavy atom. The maximum Gasteiger partial charge on any atom is 0.0805 e. The minimum atomic E-state index is 0.0855. The van der Waals surface area contributed by atoms with Gasteiger partial charge in [-0.15, -0.1) is 11.3 Å². The van der Waals surface area contributed by atoms with Crippen molar-refractivity contribution in [3.63, 3.8) is 0 Å². The molecule has 2 rings (SSSR count). The summed E-state index contributed by atoms with van der Waals surface area (Å²) in [5.41, 5.74) is 8.16. The number of hydrazine groups is 1. The highest BCUT2D eigenvalue weighted by Crippen LogP contribution is 2.32. The molecule has 1 atom stereocenters. The predicted octanol–water partition coefficient (Wildman–Crippen LogP) is 3.53. The fraction of sp³-hybridized carbons (Fsp3) is 0.333. The third-order valence-electron chi connectivity index (χ3n) is 3.59. The van der Waals surface area contributed by atoms with E-state index in [4.69, 9.17) is 5.84 Å². The molecule has 1 aromatic carbocycles. The van der Waals surface area contributed by atoms with E-state index in [9.17, 15) is 0 Å². The van der Waals surface area contributed by atoms with E-state index < -0.39 is 0 Å². The third kappa shape index (κ3) is 2.34. The van der Waals surface area contributed by atoms with Crippen LogP contribution in [0.5, 0.6) is 0 Å². The van der Waals surface area contributed by atoms with E-state index in [2.05, 4.69) is 57.4 Å². The van der Waals surface area contributed by atoms with Crippen molar-refractivity contribution < 1.29 is 0 Å². The topological polar surface area (TPSA) is 38.0 Å². The molecule has 0 saturated heterocycles. The van der Waals surface area contributed by atoms with Crippen LogP contribution in [0.4, 0.5) is 0 Å². The number of hydrogen-bond donors (Lipinski definition) is 2. The van der Waals surface area contributed by atoms with Crippen LogP contribution in [0.15, 0.2) is 24.3 Å². The molecule has 0 bridgehead atoms. The van der Waals surface area contributed by atoms with Gasteiger partial charge in [-0.1, -0.05) is 18.2 Å². The van der Waals surface area contributed by atoms with E-state index in [-0.39, 0.29) is 6.04 Å². The fourth-order valence-corrected chi connectivity index (χ4v) is 3.28. The third-order valence-corrected chi connectivity index (χ3v) is 4.81. The summed E-state index contributed by atoms with van der Waals surface area (Å²) in [5, 5.41) is 0. The average molecular weight is 260 g/mol. The van der Waals surface area contributed by atoms with Crippen LogP contribution < -0.4 is 11.3 Å². The second-order valence-corrected chi connectivity index (χ2v) is 6.06. The van der Waals surface area contributed by atoms with Crippen molar-refractivity contribution in [1.29, 1.82) is 0 Å². The zero-order valence-corrected chi connectivity index (χ0v) is 12.2. The Labute approximate surface area is 113 Å². The Morgan fingerprint density at radius 2 is 1.83 bits per heavy atom. The Kier molecular flexibility index (Phi) is 3.85. The molecule has 1 aromatic heterocycles. The molecule has 0 aliphatic rings. The second kappa shape index (κ2) is 5.22. The van der Waals surface area contributed by atoms with E-state index in [1.807, 2.05) is 11.3 Å². The van der Waals surface area contributed by atoms with E-state index in [0.717, 1.165) is 0 Å². The SMILES string of the molecule is Cc1cc(C(NN)c2cccc(C)c2C)sc1C. The molecule has 1 heterocycles. The van der Waals surface area contributed by atoms with Crippen LogP contribution in [0.3, 0.4) is 0 Å². The van der Waals surface area contributed by atoms with Gasteiger partial charge in [-0.25, -0.2) is 5.43 Å². The Bertz CT molecular complexity index is 538. The molecule has 0 saturated carbocycles. The number of nitrogens with two attached hydrogens (primary N) is 1. The van der Waals surface area contributed by atoms with Crippen molar-refractivity contribution in [1.82, 2.24) is 5.43 Å². The maximum absolute atomic E-state index is 5.77. The highest BCUT2D eigenvalue weighted by Gasteiger charge is 2.17. The quantitative estimate of drug-likeness (QED) is 0.654. The van der Waals surface area contributed by atoms with Crippen LogP contribution >= 0.6 is 11.3 Å². The number of hydrogen-bond acceptors (Lipinski definition) is 3. The molecule has 0 fully saturated rings. The largest absolute Gasteiger partial charge is 0.271 e. The van der Waals surface area contributed by atoms with Gasteiger partial charge in [0, 0.05) is 9.75 Å². The first-order chi connectivity index (χ1) is 8.54. The summed E-state index contributed by atoms with van der Waals surface area (Å²) in [6.45, 7) is 8.59. The molecule has 0 amide bonds. The summed E-state index contributed by atoms with van der Waals surface area (Å²) < 4.78 is 0. The Morgan fingerprint density at radius 1 is 1.11 bits per heavy atom. The molecule has 18 heavy (non-hydrogen) atoms. The van der Waals surface area contributed by atoms with Gasteiger partial charge in [0.15, 0.2) is 0 Å². The normalized spacial score (nSPS) is 12.7. The summed E-state index contributed by atoms with van der Waals surface area (Å²) in [7, 11) is 0. The predicted molar refractivity (Wildman–Crippen MR) is 78.9 cm³/mol. The number of nitrogens with one attached hydrogen (secondary N) is 1. The highest BCUT2D eigenvalue weighted by atomic mass is 32.1. The second-order valence-electron chi connectivity index (χ2n) is 4.78. The number of thiophene rings is 1. The zero-order valence-electron chi connectivity index (χ0n) is 11.4. The molecule has 96 valence electrons. The van der Waals surface area contributed by atoms with E-state index >= 15 is 0 Å². The number of benzene rings is 1. The summed E-state index contributed by atoms with van der Waals surface area (Å²) in [6.07, 6.45) is 0. The van der Waals surface area contributed by atoms with E-state index in [0.29, 0.717) is 0 Å². The molecular formula is C15H20N2S. The molecule has 0 aliphatic carbocycles. The molecular weight excluding hydrogens is 240 g/mol. The summed E-state index contributed by atoms with van der Waals surface area (Å²) in [5.74, 6) is 5.77. The molecule has 0 aliphatic heterocycles. The minimum absolute atomic E-state index is 0.0855. The summed E-state index contributed by atoms with van der Waals surface area (Å²) in [4.78, 5) is 2.64. The molecule has 3 heteroatoms. The first kappa shape index (κ1) is 13.3. The van der Waals surface area contributed by atoms with Gasteiger partial charge in [-0.05, 0) is 56.0 Å². The van der Waals surface area contributed by atoms with Crippen LogP contribution in [0.2, 0.25) is 0 Å². The number of rotatable bonds is 3. The molecule has 2 nitrogen and oxygen atoms in total. The lowest BCUT2D eigenvalue weighted by atomic mass is 9.96. The van der Waals surface area contributed by atoms with Gasteiger partial charge in [-0.2, -0.15) is 0 Å². The van der Waals surface area contributed by atoms with Crippen molar-refractivity contribution >= 4 is 11.3 Å². The molecule has 2 aromatic rings. The van der Waals surface area contributed by atoms with E-state index in [1.54, 1.807) is 0 Å². The van der Waals surface area contributed by atoms with Crippen molar-refractivity contribution in [3.05, 3.63) is 56.3 Å². The molecule has 1 unspecified atom stereocenters. The van der Waals surface area contributed by atoms with Gasteiger partial charge < -0.3 is 0 Å². The van der Waals surface area contributed by atoms with Crippen molar-refractivity contribution in [2.45, 2.75) is 33.7 Å². The van der Waals surface area contributed by atoms with Crippen molar-refractivity contribution in [2.24, 2.45) is 5.84 Å². The van der Waals surface area contributed by atoms with Gasteiger partial charge in [0.25, 0.3) is 0 Å². The smallest absolute Gasteiger partial charge is 0.0805 e. The van der Waals surface area contributed by atoms with Crippen LogP contribution in [0, 0.1) is 27.7 Å². The van der Waals surface area contributed by atoms with Crippen LogP contribution in [-0.2, 0) is 0 Å². The zero-order chi connectivity index (χ0) is 13.3. The summed E-state index contributed by atoms with van der Waals surface area (Å²) in [6, 6.07) is 8.69. The molecule has 0 spiro atoms. The Hall–Kier alpha value is -1.16. The van der Waals surface area contributed by atoms with Crippen LogP contribution in [0.1, 0.15) is 38.0 Å². The lowest BCUT2D eigenvalue weighted by Crippen LogP contribution is -2.28. The lowest BCUT2D eigenvalue weighted by Gasteiger charge is -2.18. The van der Waals surface area contributed by atoms with Gasteiger partial charge >= 0.3 is 0 Å². The first-order valence-electron chi connectivity index (χ1n) is 6.13. The van der Waals surface area contributed by atoms with Crippen LogP contribution in [0.25, 0.3) is 0 Å². The van der Waals surface area contributed by atoms with Crippen LogP contribution in [-0.4, -0.2) is 0 Å². The fourth-order valence-electron chi connectivity index (χ4n) is 2.16. The summed E-state index contributed by atoms with van der Waals surface area (Å²) >= 11 is 1.81. The monoisotopic (exact) mass is 260 g/mol. The van der Waals surface area contributed by atoms with Crippen molar-refractivity contribution in [3.8, 4) is 0 Å².